The average Bonchev–Trinajstić information content (AvgIpc) is 2.88. The second-order valence-corrected chi connectivity index (χ2v) is 5.90. The highest BCUT2D eigenvalue weighted by molar-refractivity contribution is 5.98. The molecule has 2 heterocycles. The number of benzene rings is 1. The predicted octanol–water partition coefficient (Wildman–Crippen LogP) is 2.24. The fourth-order valence-corrected chi connectivity index (χ4v) is 3.13. The zero-order valence-electron chi connectivity index (χ0n) is 12.9. The van der Waals surface area contributed by atoms with Gasteiger partial charge in [-0.1, -0.05) is 30.3 Å². The molecule has 0 spiro atoms. The molecule has 0 radical (unpaired) electrons. The fourth-order valence-electron chi connectivity index (χ4n) is 3.13. The number of hydrogen-bond donors (Lipinski definition) is 1. The molecule has 1 unspecified atom stereocenters. The lowest BCUT2D eigenvalue weighted by atomic mass is 9.95. The molecule has 5 nitrogen and oxygen atoms in total. The Balaban J connectivity index is 1.80. The monoisotopic (exact) mass is 298 g/mol. The van der Waals surface area contributed by atoms with E-state index in [1.807, 2.05) is 23.1 Å². The molecular weight excluding hydrogens is 276 g/mol. The van der Waals surface area contributed by atoms with Crippen LogP contribution >= 0.6 is 0 Å². The van der Waals surface area contributed by atoms with Crippen LogP contribution in [-0.4, -0.2) is 33.2 Å². The van der Waals surface area contributed by atoms with Crippen LogP contribution in [0.5, 0.6) is 0 Å². The first-order valence-corrected chi connectivity index (χ1v) is 7.79. The summed E-state index contributed by atoms with van der Waals surface area (Å²) in [5, 5.41) is 4.09. The second kappa shape index (κ2) is 6.22. The van der Waals surface area contributed by atoms with Gasteiger partial charge in [0.05, 0.1) is 6.20 Å². The van der Waals surface area contributed by atoms with E-state index < -0.39 is 0 Å². The van der Waals surface area contributed by atoms with Gasteiger partial charge >= 0.3 is 0 Å². The normalized spacial score (nSPS) is 18.4. The number of carbonyl (C=O) groups is 1. The third-order valence-corrected chi connectivity index (χ3v) is 4.42. The Bertz CT molecular complexity index is 650. The topological polar surface area (TPSA) is 64.2 Å². The van der Waals surface area contributed by atoms with E-state index in [0.29, 0.717) is 11.4 Å². The van der Waals surface area contributed by atoms with Gasteiger partial charge in [-0.15, -0.1) is 0 Å². The quantitative estimate of drug-likeness (QED) is 0.945. The number of hydrogen-bond acceptors (Lipinski definition) is 3. The maximum atomic E-state index is 12.8. The second-order valence-electron chi connectivity index (χ2n) is 5.90. The van der Waals surface area contributed by atoms with E-state index in [9.17, 15) is 4.79 Å². The van der Waals surface area contributed by atoms with Gasteiger partial charge < -0.3 is 10.6 Å². The molecule has 2 aromatic rings. The van der Waals surface area contributed by atoms with Crippen LogP contribution < -0.4 is 5.73 Å². The van der Waals surface area contributed by atoms with Crippen LogP contribution in [0.25, 0.3) is 0 Å². The van der Waals surface area contributed by atoms with Gasteiger partial charge in [-0.05, 0) is 31.2 Å². The maximum absolute atomic E-state index is 12.8. The summed E-state index contributed by atoms with van der Waals surface area (Å²) in [7, 11) is 1.75. The van der Waals surface area contributed by atoms with Crippen LogP contribution in [0, 0.1) is 0 Å². The van der Waals surface area contributed by atoms with Crippen LogP contribution in [0.3, 0.4) is 0 Å². The largest absolute Gasteiger partial charge is 0.383 e. The summed E-state index contributed by atoms with van der Waals surface area (Å²) in [6, 6.07) is 10.6. The Kier molecular flexibility index (Phi) is 4.13. The van der Waals surface area contributed by atoms with Gasteiger partial charge in [-0.25, -0.2) is 0 Å². The number of nitrogen functional groups attached to an aromatic ring is 1. The Morgan fingerprint density at radius 2 is 2.09 bits per heavy atom. The van der Waals surface area contributed by atoms with Crippen molar-refractivity contribution in [2.75, 3.05) is 12.3 Å². The van der Waals surface area contributed by atoms with Crippen molar-refractivity contribution in [1.29, 1.82) is 0 Å². The molecular formula is C17H22N4O. The predicted molar refractivity (Wildman–Crippen MR) is 86.4 cm³/mol. The summed E-state index contributed by atoms with van der Waals surface area (Å²) < 4.78 is 1.55. The molecule has 0 bridgehead atoms. The van der Waals surface area contributed by atoms with E-state index >= 15 is 0 Å². The number of likely N-dealkylation sites (tertiary alicyclic amines) is 1. The number of rotatable bonds is 3. The number of carbonyl (C=O) groups excluding carboxylic acids is 1. The van der Waals surface area contributed by atoms with E-state index in [4.69, 9.17) is 5.73 Å². The lowest BCUT2D eigenvalue weighted by Gasteiger charge is -2.36. The number of nitrogens with zero attached hydrogens (tertiary/aromatic N) is 3. The average molecular weight is 298 g/mol. The van der Waals surface area contributed by atoms with Gasteiger partial charge in [0.15, 0.2) is 0 Å². The van der Waals surface area contributed by atoms with Crippen molar-refractivity contribution >= 4 is 11.7 Å². The van der Waals surface area contributed by atoms with E-state index in [1.54, 1.807) is 17.9 Å². The molecule has 1 aliphatic rings. The Labute approximate surface area is 130 Å². The number of anilines is 1. The number of aromatic nitrogens is 2. The third kappa shape index (κ3) is 2.84. The number of aryl methyl sites for hydroxylation is 1. The zero-order valence-corrected chi connectivity index (χ0v) is 12.9. The molecule has 22 heavy (non-hydrogen) atoms. The van der Waals surface area contributed by atoms with Crippen molar-refractivity contribution in [1.82, 2.24) is 14.7 Å². The number of amides is 1. The van der Waals surface area contributed by atoms with E-state index in [2.05, 4.69) is 17.2 Å². The Morgan fingerprint density at radius 1 is 1.32 bits per heavy atom. The SMILES string of the molecule is Cn1ncc(C(=O)N2CCCCC2Cc2ccccc2)c1N. The van der Waals surface area contributed by atoms with Crippen LogP contribution in [0.15, 0.2) is 36.5 Å². The Hall–Kier alpha value is -2.30. The summed E-state index contributed by atoms with van der Waals surface area (Å²) in [5.74, 6) is 0.445. The fraction of sp³-hybridized carbons (Fsp3) is 0.412. The highest BCUT2D eigenvalue weighted by atomic mass is 16.2. The molecule has 0 aliphatic carbocycles. The lowest BCUT2D eigenvalue weighted by Crippen LogP contribution is -2.45. The van der Waals surface area contributed by atoms with E-state index in [0.717, 1.165) is 25.8 Å². The van der Waals surface area contributed by atoms with Crippen LogP contribution in [0.2, 0.25) is 0 Å². The molecule has 1 aliphatic heterocycles. The van der Waals surface area contributed by atoms with Gasteiger partial charge in [-0.3, -0.25) is 9.48 Å². The van der Waals surface area contributed by atoms with E-state index in [-0.39, 0.29) is 11.9 Å². The summed E-state index contributed by atoms with van der Waals surface area (Å²) in [5.41, 5.74) is 7.75. The summed E-state index contributed by atoms with van der Waals surface area (Å²) >= 11 is 0. The first-order valence-electron chi connectivity index (χ1n) is 7.79. The van der Waals surface area contributed by atoms with Crippen LogP contribution in [-0.2, 0) is 13.5 Å². The molecule has 5 heteroatoms. The van der Waals surface area contributed by atoms with E-state index in [1.165, 1.54) is 12.0 Å². The molecule has 1 atom stereocenters. The van der Waals surface area contributed by atoms with Crippen molar-refractivity contribution in [2.24, 2.45) is 7.05 Å². The number of piperidine rings is 1. The van der Waals surface area contributed by atoms with Crippen LogP contribution in [0.1, 0.15) is 35.2 Å². The molecule has 2 N–H and O–H groups in total. The summed E-state index contributed by atoms with van der Waals surface area (Å²) in [6.07, 6.45) is 5.74. The van der Waals surface area contributed by atoms with Gasteiger partial charge in [0.1, 0.15) is 11.4 Å². The molecule has 1 aromatic carbocycles. The summed E-state index contributed by atoms with van der Waals surface area (Å²) in [6.45, 7) is 0.796. The third-order valence-electron chi connectivity index (χ3n) is 4.42. The van der Waals surface area contributed by atoms with Crippen molar-refractivity contribution in [2.45, 2.75) is 31.7 Å². The van der Waals surface area contributed by atoms with Crippen molar-refractivity contribution in [3.05, 3.63) is 47.7 Å². The first-order chi connectivity index (χ1) is 10.7. The zero-order chi connectivity index (χ0) is 15.5. The Morgan fingerprint density at radius 3 is 2.77 bits per heavy atom. The van der Waals surface area contributed by atoms with Gasteiger partial charge in [0.25, 0.3) is 5.91 Å². The molecule has 1 saturated heterocycles. The standard InChI is InChI=1S/C17H22N4O/c1-20-16(18)15(12-19-20)17(22)21-10-6-5-9-14(21)11-13-7-3-2-4-8-13/h2-4,7-8,12,14H,5-6,9-11,18H2,1H3. The molecule has 0 saturated carbocycles. The molecule has 1 fully saturated rings. The highest BCUT2D eigenvalue weighted by Crippen LogP contribution is 2.24. The van der Waals surface area contributed by atoms with Gasteiger partial charge in [0, 0.05) is 19.6 Å². The number of nitrogens with two attached hydrogens (primary N) is 1. The highest BCUT2D eigenvalue weighted by Gasteiger charge is 2.29. The minimum atomic E-state index is 0.00577. The minimum absolute atomic E-state index is 0.00577. The van der Waals surface area contributed by atoms with Crippen molar-refractivity contribution in [3.63, 3.8) is 0 Å². The first kappa shape index (κ1) is 14.6. The smallest absolute Gasteiger partial charge is 0.259 e. The minimum Gasteiger partial charge on any atom is -0.383 e. The van der Waals surface area contributed by atoms with Crippen molar-refractivity contribution in [3.8, 4) is 0 Å². The molecule has 1 aromatic heterocycles. The lowest BCUT2D eigenvalue weighted by molar-refractivity contribution is 0.0614. The molecule has 1 amide bonds. The van der Waals surface area contributed by atoms with Crippen molar-refractivity contribution < 1.29 is 4.79 Å². The van der Waals surface area contributed by atoms with Gasteiger partial charge in [0.2, 0.25) is 0 Å². The van der Waals surface area contributed by atoms with Gasteiger partial charge in [-0.2, -0.15) is 5.10 Å². The van der Waals surface area contributed by atoms with Crippen LogP contribution in [0.4, 0.5) is 5.82 Å². The maximum Gasteiger partial charge on any atom is 0.259 e. The summed E-state index contributed by atoms with van der Waals surface area (Å²) in [4.78, 5) is 14.8. The molecule has 116 valence electrons. The molecule has 3 rings (SSSR count).